The summed E-state index contributed by atoms with van der Waals surface area (Å²) in [5.74, 6) is -1.10. The Labute approximate surface area is 203 Å². The van der Waals surface area contributed by atoms with Gasteiger partial charge >= 0.3 is 0 Å². The fourth-order valence-corrected chi connectivity index (χ4v) is 4.38. The number of halogens is 2. The molecular weight excluding hydrogens is 462 g/mol. The number of nitrogen functional groups attached to an aromatic ring is 1. The van der Waals surface area contributed by atoms with Gasteiger partial charge in [0, 0.05) is 28.1 Å². The molecule has 0 saturated carbocycles. The summed E-state index contributed by atoms with van der Waals surface area (Å²) < 4.78 is 30.5. The molecule has 3 N–H and O–H groups in total. The third kappa shape index (κ3) is 3.67. The zero-order valence-corrected chi connectivity index (χ0v) is 18.7. The van der Waals surface area contributed by atoms with E-state index in [1.165, 1.54) is 24.5 Å². The molecule has 0 bridgehead atoms. The number of aromatic hydroxyl groups is 1. The number of hydrogen-bond donors (Lipinski definition) is 2. The van der Waals surface area contributed by atoms with Gasteiger partial charge in [-0.2, -0.15) is 5.10 Å². The van der Waals surface area contributed by atoms with Crippen molar-refractivity contribution in [1.82, 2.24) is 24.7 Å². The molecule has 0 amide bonds. The Bertz CT molecular complexity index is 1760. The lowest BCUT2D eigenvalue weighted by molar-refractivity contribution is 0.469. The zero-order chi connectivity index (χ0) is 24.8. The van der Waals surface area contributed by atoms with E-state index in [4.69, 9.17) is 10.7 Å². The smallest absolute Gasteiger partial charge is 0.164 e. The van der Waals surface area contributed by atoms with Crippen LogP contribution in [0.3, 0.4) is 0 Å². The molecule has 36 heavy (non-hydrogen) atoms. The third-order valence-electron chi connectivity index (χ3n) is 5.97. The van der Waals surface area contributed by atoms with Crippen molar-refractivity contribution in [3.8, 4) is 28.3 Å². The van der Waals surface area contributed by atoms with Crippen LogP contribution in [0, 0.1) is 11.6 Å². The van der Waals surface area contributed by atoms with E-state index >= 15 is 0 Å². The van der Waals surface area contributed by atoms with Crippen molar-refractivity contribution in [2.75, 3.05) is 5.73 Å². The summed E-state index contributed by atoms with van der Waals surface area (Å²) in [6, 6.07) is 19.6. The number of anilines is 1. The summed E-state index contributed by atoms with van der Waals surface area (Å²) in [6.07, 6.45) is 1.32. The summed E-state index contributed by atoms with van der Waals surface area (Å²) in [5.41, 5.74) is 9.49. The van der Waals surface area contributed by atoms with Gasteiger partial charge in [0.05, 0.1) is 23.1 Å². The molecule has 0 aliphatic rings. The first-order chi connectivity index (χ1) is 17.5. The SMILES string of the molecule is Nc1ncnc2c1c(-c1cc(O)cc(F)c1)nn2Cc1cc2ccccc2nc1-c1ccccc1F. The molecule has 7 nitrogen and oxygen atoms in total. The van der Waals surface area contributed by atoms with Gasteiger partial charge in [-0.1, -0.05) is 30.3 Å². The quantitative estimate of drug-likeness (QED) is 0.354. The maximum atomic E-state index is 14.8. The monoisotopic (exact) mass is 480 g/mol. The maximum Gasteiger partial charge on any atom is 0.164 e. The van der Waals surface area contributed by atoms with Gasteiger partial charge in [-0.15, -0.1) is 0 Å². The first-order valence-electron chi connectivity index (χ1n) is 11.1. The van der Waals surface area contributed by atoms with E-state index in [1.54, 1.807) is 22.9 Å². The van der Waals surface area contributed by atoms with E-state index in [0.717, 1.165) is 17.0 Å². The second kappa shape index (κ2) is 8.38. The second-order valence-electron chi connectivity index (χ2n) is 8.33. The molecule has 9 heteroatoms. The van der Waals surface area contributed by atoms with Crippen molar-refractivity contribution in [1.29, 1.82) is 0 Å². The van der Waals surface area contributed by atoms with Crippen molar-refractivity contribution >= 4 is 27.8 Å². The van der Waals surface area contributed by atoms with E-state index in [1.807, 2.05) is 30.3 Å². The number of phenols is 1. The molecule has 0 aliphatic carbocycles. The number of rotatable bonds is 4. The standard InChI is InChI=1S/C27H18F2N6O/c28-18-10-16(11-19(36)12-18)25-23-26(30)31-14-32-27(23)35(34-25)13-17-9-15-5-1-4-8-22(15)33-24(17)20-6-2-3-7-21(20)29/h1-12,14,36H,13H2,(H2,30,31,32). The molecule has 176 valence electrons. The Kier molecular flexibility index (Phi) is 5.03. The molecule has 3 aromatic heterocycles. The van der Waals surface area contributed by atoms with Crippen molar-refractivity contribution in [3.05, 3.63) is 96.3 Å². The van der Waals surface area contributed by atoms with Gasteiger partial charge in [-0.3, -0.25) is 0 Å². The number of pyridine rings is 1. The molecule has 0 atom stereocenters. The van der Waals surface area contributed by atoms with Gasteiger partial charge in [0.1, 0.15) is 35.2 Å². The number of hydrogen-bond acceptors (Lipinski definition) is 6. The van der Waals surface area contributed by atoms with Crippen LogP contribution in [0.1, 0.15) is 5.56 Å². The number of nitrogens with two attached hydrogens (primary N) is 1. The Morgan fingerprint density at radius 2 is 1.69 bits per heavy atom. The van der Waals surface area contributed by atoms with Crippen LogP contribution in [-0.4, -0.2) is 29.8 Å². The van der Waals surface area contributed by atoms with E-state index < -0.39 is 11.6 Å². The summed E-state index contributed by atoms with van der Waals surface area (Å²) in [6.45, 7) is 0.176. The number of nitrogens with zero attached hydrogens (tertiary/aromatic N) is 5. The Morgan fingerprint density at radius 1 is 0.889 bits per heavy atom. The molecular formula is C27H18F2N6O. The van der Waals surface area contributed by atoms with Crippen LogP contribution in [0.15, 0.2) is 79.1 Å². The predicted octanol–water partition coefficient (Wildman–Crippen LogP) is 5.32. The van der Waals surface area contributed by atoms with Crippen molar-refractivity contribution < 1.29 is 13.9 Å². The van der Waals surface area contributed by atoms with Crippen molar-refractivity contribution in [2.24, 2.45) is 0 Å². The number of benzene rings is 3. The lowest BCUT2D eigenvalue weighted by Gasteiger charge is -2.12. The van der Waals surface area contributed by atoms with Crippen LogP contribution in [0.25, 0.3) is 44.5 Å². The van der Waals surface area contributed by atoms with E-state index in [2.05, 4.69) is 15.1 Å². The normalized spacial score (nSPS) is 11.4. The topological polar surface area (TPSA) is 103 Å². The Hall–Kier alpha value is -4.92. The minimum absolute atomic E-state index is 0.163. The van der Waals surface area contributed by atoms with Crippen molar-refractivity contribution in [2.45, 2.75) is 6.54 Å². The fourth-order valence-electron chi connectivity index (χ4n) is 4.38. The molecule has 0 fully saturated rings. The number of phenolic OH excluding ortho intramolecular Hbond substituents is 1. The fraction of sp³-hybridized carbons (Fsp3) is 0.0370. The third-order valence-corrected chi connectivity index (χ3v) is 5.97. The number of para-hydroxylation sites is 1. The predicted molar refractivity (Wildman–Crippen MR) is 133 cm³/mol. The van der Waals surface area contributed by atoms with Crippen LogP contribution in [-0.2, 0) is 6.54 Å². The highest BCUT2D eigenvalue weighted by Gasteiger charge is 2.20. The molecule has 6 rings (SSSR count). The summed E-state index contributed by atoms with van der Waals surface area (Å²) >= 11 is 0. The Balaban J connectivity index is 1.58. The van der Waals surface area contributed by atoms with Gasteiger partial charge in [0.2, 0.25) is 0 Å². The van der Waals surface area contributed by atoms with Gasteiger partial charge in [0.15, 0.2) is 5.65 Å². The number of fused-ring (bicyclic) bond motifs is 2. The minimum atomic E-state index is -0.622. The molecule has 0 aliphatic heterocycles. The summed E-state index contributed by atoms with van der Waals surface area (Å²) in [5, 5.41) is 15.9. The highest BCUT2D eigenvalue weighted by Crippen LogP contribution is 2.34. The van der Waals surface area contributed by atoms with Gasteiger partial charge in [0.25, 0.3) is 0 Å². The van der Waals surface area contributed by atoms with Crippen molar-refractivity contribution in [3.63, 3.8) is 0 Å². The molecule has 0 radical (unpaired) electrons. The maximum absolute atomic E-state index is 14.8. The highest BCUT2D eigenvalue weighted by atomic mass is 19.1. The van der Waals surface area contributed by atoms with E-state index in [-0.39, 0.29) is 18.1 Å². The number of aromatic nitrogens is 5. The van der Waals surface area contributed by atoms with E-state index in [0.29, 0.717) is 39.1 Å². The van der Waals surface area contributed by atoms with Crippen LogP contribution < -0.4 is 5.73 Å². The largest absolute Gasteiger partial charge is 0.508 e. The van der Waals surface area contributed by atoms with Crippen LogP contribution in [0.5, 0.6) is 5.75 Å². The van der Waals surface area contributed by atoms with Crippen LogP contribution >= 0.6 is 0 Å². The molecule has 0 spiro atoms. The van der Waals surface area contributed by atoms with Crippen LogP contribution in [0.4, 0.5) is 14.6 Å². The molecule has 6 aromatic rings. The highest BCUT2D eigenvalue weighted by molar-refractivity contribution is 5.98. The summed E-state index contributed by atoms with van der Waals surface area (Å²) in [7, 11) is 0. The van der Waals surface area contributed by atoms with Gasteiger partial charge in [-0.05, 0) is 36.4 Å². The van der Waals surface area contributed by atoms with Gasteiger partial charge in [-0.25, -0.2) is 28.4 Å². The lowest BCUT2D eigenvalue weighted by atomic mass is 10.0. The molecule has 0 saturated heterocycles. The molecule has 3 aromatic carbocycles. The molecule has 3 heterocycles. The average Bonchev–Trinajstić information content (AvgIpc) is 3.23. The molecule has 0 unspecified atom stereocenters. The minimum Gasteiger partial charge on any atom is -0.508 e. The van der Waals surface area contributed by atoms with Crippen LogP contribution in [0.2, 0.25) is 0 Å². The lowest BCUT2D eigenvalue weighted by Crippen LogP contribution is -2.06. The first-order valence-corrected chi connectivity index (χ1v) is 11.1. The zero-order valence-electron chi connectivity index (χ0n) is 18.7. The first kappa shape index (κ1) is 21.6. The van der Waals surface area contributed by atoms with Gasteiger partial charge < -0.3 is 10.8 Å². The average molecular weight is 480 g/mol. The Morgan fingerprint density at radius 3 is 2.53 bits per heavy atom. The van der Waals surface area contributed by atoms with E-state index in [9.17, 15) is 13.9 Å². The second-order valence-corrected chi connectivity index (χ2v) is 8.33. The summed E-state index contributed by atoms with van der Waals surface area (Å²) in [4.78, 5) is 13.2.